The number of urea groups is 1. The number of aliphatic carboxylic acids is 1. The lowest BCUT2D eigenvalue weighted by atomic mass is 9.86. The monoisotopic (exact) mass is 268 g/mol. The van der Waals surface area contributed by atoms with E-state index in [-0.39, 0.29) is 18.0 Å². The Kier molecular flexibility index (Phi) is 4.66. The molecule has 3 N–H and O–H groups in total. The van der Waals surface area contributed by atoms with E-state index in [1.54, 1.807) is 0 Å². The molecular formula is C14H24N2O3. The molecule has 2 fully saturated rings. The van der Waals surface area contributed by atoms with Gasteiger partial charge in [0.2, 0.25) is 0 Å². The summed E-state index contributed by atoms with van der Waals surface area (Å²) in [6.07, 6.45) is 6.20. The van der Waals surface area contributed by atoms with Crippen molar-refractivity contribution in [2.45, 2.75) is 64.0 Å². The van der Waals surface area contributed by atoms with Gasteiger partial charge in [-0.25, -0.2) is 4.79 Å². The fourth-order valence-electron chi connectivity index (χ4n) is 3.24. The molecule has 2 rings (SSSR count). The van der Waals surface area contributed by atoms with Crippen molar-refractivity contribution < 1.29 is 14.7 Å². The van der Waals surface area contributed by atoms with Gasteiger partial charge in [0.05, 0.1) is 5.92 Å². The summed E-state index contributed by atoms with van der Waals surface area (Å²) in [5, 5.41) is 14.9. The van der Waals surface area contributed by atoms with Crippen LogP contribution in [-0.4, -0.2) is 29.2 Å². The summed E-state index contributed by atoms with van der Waals surface area (Å²) in [6, 6.07) is 0.359. The summed E-state index contributed by atoms with van der Waals surface area (Å²) in [7, 11) is 0. The molecule has 5 heteroatoms. The van der Waals surface area contributed by atoms with Gasteiger partial charge in [-0.3, -0.25) is 4.79 Å². The number of nitrogens with one attached hydrogen (secondary N) is 2. The van der Waals surface area contributed by atoms with Crippen LogP contribution in [0, 0.1) is 11.8 Å². The van der Waals surface area contributed by atoms with E-state index in [1.807, 2.05) is 0 Å². The van der Waals surface area contributed by atoms with Crippen molar-refractivity contribution in [1.82, 2.24) is 10.6 Å². The summed E-state index contributed by atoms with van der Waals surface area (Å²) in [5.74, 6) is -0.226. The highest BCUT2D eigenvalue weighted by Crippen LogP contribution is 2.25. The number of carbonyl (C=O) groups is 2. The second kappa shape index (κ2) is 6.26. The molecule has 2 saturated carbocycles. The number of rotatable bonds is 3. The Hall–Kier alpha value is -1.26. The Balaban J connectivity index is 1.67. The SMILES string of the molecule is CC1CCC(NC(=O)NC2CCC(C(=O)O)CC2)C1. The molecule has 2 aliphatic carbocycles. The van der Waals surface area contributed by atoms with Crippen LogP contribution in [0.4, 0.5) is 4.79 Å². The smallest absolute Gasteiger partial charge is 0.315 e. The van der Waals surface area contributed by atoms with Crippen LogP contribution in [-0.2, 0) is 4.79 Å². The van der Waals surface area contributed by atoms with Gasteiger partial charge in [-0.15, -0.1) is 0 Å². The zero-order valence-electron chi connectivity index (χ0n) is 11.5. The van der Waals surface area contributed by atoms with Gasteiger partial charge in [-0.2, -0.15) is 0 Å². The molecule has 0 bridgehead atoms. The molecule has 2 atom stereocenters. The maximum Gasteiger partial charge on any atom is 0.315 e. The average molecular weight is 268 g/mol. The minimum absolute atomic E-state index is 0.0853. The van der Waals surface area contributed by atoms with Gasteiger partial charge < -0.3 is 15.7 Å². The lowest BCUT2D eigenvalue weighted by Crippen LogP contribution is -2.47. The van der Waals surface area contributed by atoms with Crippen LogP contribution < -0.4 is 10.6 Å². The molecule has 0 aromatic rings. The summed E-state index contributed by atoms with van der Waals surface area (Å²) in [5.41, 5.74) is 0. The van der Waals surface area contributed by atoms with E-state index >= 15 is 0 Å². The van der Waals surface area contributed by atoms with Crippen LogP contribution >= 0.6 is 0 Å². The second-order valence-corrected chi connectivity index (χ2v) is 6.12. The maximum absolute atomic E-state index is 11.9. The fraction of sp³-hybridized carbons (Fsp3) is 0.857. The molecular weight excluding hydrogens is 244 g/mol. The van der Waals surface area contributed by atoms with Crippen LogP contribution in [0.2, 0.25) is 0 Å². The number of carbonyl (C=O) groups excluding carboxylic acids is 1. The Bertz CT molecular complexity index is 338. The zero-order valence-corrected chi connectivity index (χ0v) is 11.5. The molecule has 2 amide bonds. The molecule has 108 valence electrons. The molecule has 2 unspecified atom stereocenters. The third kappa shape index (κ3) is 4.11. The van der Waals surface area contributed by atoms with Crippen LogP contribution in [0.5, 0.6) is 0 Å². The summed E-state index contributed by atoms with van der Waals surface area (Å²) >= 11 is 0. The minimum Gasteiger partial charge on any atom is -0.481 e. The molecule has 2 aliphatic rings. The van der Waals surface area contributed by atoms with Crippen LogP contribution in [0.25, 0.3) is 0 Å². The van der Waals surface area contributed by atoms with Gasteiger partial charge >= 0.3 is 12.0 Å². The fourth-order valence-corrected chi connectivity index (χ4v) is 3.24. The van der Waals surface area contributed by atoms with Crippen molar-refractivity contribution in [2.24, 2.45) is 11.8 Å². The van der Waals surface area contributed by atoms with Gasteiger partial charge in [0.1, 0.15) is 0 Å². The third-order valence-electron chi connectivity index (χ3n) is 4.44. The van der Waals surface area contributed by atoms with Crippen molar-refractivity contribution >= 4 is 12.0 Å². The number of hydrogen-bond donors (Lipinski definition) is 3. The van der Waals surface area contributed by atoms with Crippen molar-refractivity contribution in [2.75, 3.05) is 0 Å². The maximum atomic E-state index is 11.9. The van der Waals surface area contributed by atoms with E-state index in [0.29, 0.717) is 24.8 Å². The van der Waals surface area contributed by atoms with Crippen molar-refractivity contribution in [3.8, 4) is 0 Å². The summed E-state index contributed by atoms with van der Waals surface area (Å²) < 4.78 is 0. The minimum atomic E-state index is -0.706. The van der Waals surface area contributed by atoms with Crippen molar-refractivity contribution in [1.29, 1.82) is 0 Å². The summed E-state index contributed by atoms with van der Waals surface area (Å²) in [6.45, 7) is 2.22. The Morgan fingerprint density at radius 3 is 2.05 bits per heavy atom. The van der Waals surface area contributed by atoms with Crippen LogP contribution in [0.1, 0.15) is 51.9 Å². The highest BCUT2D eigenvalue weighted by Gasteiger charge is 2.28. The van der Waals surface area contributed by atoms with E-state index in [1.165, 1.54) is 6.42 Å². The molecule has 0 aromatic heterocycles. The third-order valence-corrected chi connectivity index (χ3v) is 4.44. The van der Waals surface area contributed by atoms with Gasteiger partial charge in [0, 0.05) is 12.1 Å². The average Bonchev–Trinajstić information content (AvgIpc) is 2.75. The topological polar surface area (TPSA) is 78.4 Å². The van der Waals surface area contributed by atoms with Gasteiger partial charge in [0.25, 0.3) is 0 Å². The van der Waals surface area contributed by atoms with Crippen LogP contribution in [0.15, 0.2) is 0 Å². The highest BCUT2D eigenvalue weighted by atomic mass is 16.4. The molecule has 0 saturated heterocycles. The molecule has 0 aromatic carbocycles. The largest absolute Gasteiger partial charge is 0.481 e. The lowest BCUT2D eigenvalue weighted by Gasteiger charge is -2.27. The number of carboxylic acids is 1. The molecule has 19 heavy (non-hydrogen) atoms. The summed E-state index contributed by atoms with van der Waals surface area (Å²) in [4.78, 5) is 22.7. The molecule has 0 spiro atoms. The van der Waals surface area contributed by atoms with E-state index in [9.17, 15) is 9.59 Å². The number of carboxylic acid groups (broad SMARTS) is 1. The zero-order chi connectivity index (χ0) is 13.8. The lowest BCUT2D eigenvalue weighted by molar-refractivity contribution is -0.142. The van der Waals surface area contributed by atoms with E-state index in [4.69, 9.17) is 5.11 Å². The standard InChI is InChI=1S/C14H24N2O3/c1-9-2-5-12(8-9)16-14(19)15-11-6-3-10(4-7-11)13(17)18/h9-12H,2-8H2,1H3,(H,17,18)(H2,15,16,19). The molecule has 5 nitrogen and oxygen atoms in total. The first kappa shape index (κ1) is 14.2. The van der Waals surface area contributed by atoms with Gasteiger partial charge in [-0.05, 0) is 50.9 Å². The van der Waals surface area contributed by atoms with Crippen molar-refractivity contribution in [3.05, 3.63) is 0 Å². The van der Waals surface area contributed by atoms with E-state index in [2.05, 4.69) is 17.6 Å². The van der Waals surface area contributed by atoms with E-state index < -0.39 is 5.97 Å². The Morgan fingerprint density at radius 1 is 0.947 bits per heavy atom. The Labute approximate surface area is 114 Å². The Morgan fingerprint density at radius 2 is 1.53 bits per heavy atom. The second-order valence-electron chi connectivity index (χ2n) is 6.12. The number of amides is 2. The van der Waals surface area contributed by atoms with Crippen molar-refractivity contribution in [3.63, 3.8) is 0 Å². The first-order valence-electron chi connectivity index (χ1n) is 7.34. The quantitative estimate of drug-likeness (QED) is 0.733. The molecule has 0 heterocycles. The van der Waals surface area contributed by atoms with Gasteiger partial charge in [-0.1, -0.05) is 6.92 Å². The van der Waals surface area contributed by atoms with E-state index in [0.717, 1.165) is 25.7 Å². The first-order chi connectivity index (χ1) is 9.04. The predicted molar refractivity (Wildman–Crippen MR) is 71.9 cm³/mol. The van der Waals surface area contributed by atoms with Gasteiger partial charge in [0.15, 0.2) is 0 Å². The predicted octanol–water partition coefficient (Wildman–Crippen LogP) is 2.12. The normalized spacial score (nSPS) is 34.8. The molecule has 0 aliphatic heterocycles. The van der Waals surface area contributed by atoms with Crippen LogP contribution in [0.3, 0.4) is 0 Å². The first-order valence-corrected chi connectivity index (χ1v) is 7.34. The highest BCUT2D eigenvalue weighted by molar-refractivity contribution is 5.74. The number of hydrogen-bond acceptors (Lipinski definition) is 2. The molecule has 0 radical (unpaired) electrons.